The number of aromatic nitrogens is 1. The molecule has 3 heterocycles. The normalized spacial score (nSPS) is 20.8. The van der Waals surface area contributed by atoms with E-state index in [-0.39, 0.29) is 17.8 Å². The van der Waals surface area contributed by atoms with Gasteiger partial charge >= 0.3 is 6.18 Å². The Balaban J connectivity index is 1.57. The number of halogens is 4. The van der Waals surface area contributed by atoms with E-state index in [1.165, 1.54) is 6.07 Å². The molecule has 8 heteroatoms. The molecular formula is C22H24F4N2O2. The molecule has 2 aliphatic rings. The molecule has 0 unspecified atom stereocenters. The van der Waals surface area contributed by atoms with Gasteiger partial charge < -0.3 is 9.47 Å². The van der Waals surface area contributed by atoms with Crippen molar-refractivity contribution in [2.24, 2.45) is 0 Å². The second-order valence-corrected chi connectivity index (χ2v) is 7.95. The lowest BCUT2D eigenvalue weighted by molar-refractivity contribution is -0.141. The minimum atomic E-state index is -4.48. The van der Waals surface area contributed by atoms with Crippen molar-refractivity contribution in [1.82, 2.24) is 9.88 Å². The Hall–Kier alpha value is -2.35. The number of likely N-dealkylation sites (tertiary alicyclic amines) is 1. The molecule has 30 heavy (non-hydrogen) atoms. The largest absolute Gasteiger partial charge is 0.486 e. The Kier molecular flexibility index (Phi) is 5.61. The van der Waals surface area contributed by atoms with E-state index in [2.05, 4.69) is 9.88 Å². The second kappa shape index (κ2) is 8.06. The number of ether oxygens (including phenoxy) is 2. The zero-order chi connectivity index (χ0) is 21.5. The molecule has 162 valence electrons. The summed E-state index contributed by atoms with van der Waals surface area (Å²) in [6.45, 7) is 5.60. The maximum Gasteiger partial charge on any atom is 0.433 e. The number of hydrogen-bond acceptors (Lipinski definition) is 4. The fourth-order valence-electron chi connectivity index (χ4n) is 4.30. The van der Waals surface area contributed by atoms with Gasteiger partial charge in [-0.15, -0.1) is 0 Å². The first-order chi connectivity index (χ1) is 14.2. The van der Waals surface area contributed by atoms with Crippen LogP contribution in [0.25, 0.3) is 0 Å². The highest BCUT2D eigenvalue weighted by molar-refractivity contribution is 5.45. The van der Waals surface area contributed by atoms with Gasteiger partial charge in [-0.25, -0.2) is 9.37 Å². The quantitative estimate of drug-likeness (QED) is 0.630. The predicted octanol–water partition coefficient (Wildman–Crippen LogP) is 5.26. The lowest BCUT2D eigenvalue weighted by Crippen LogP contribution is -2.36. The Morgan fingerprint density at radius 2 is 1.80 bits per heavy atom. The number of benzene rings is 1. The van der Waals surface area contributed by atoms with Gasteiger partial charge in [-0.3, -0.25) is 4.90 Å². The standard InChI is InChI=1S/C22H24F4N2O2/c1-13-8-16(9-21(27-13)22(24,25)26)15-4-3-5-28(12-15)14(2)17-10-19-20(11-18(17)23)30-7-6-29-19/h8-11,14-15H,3-7,12H2,1-2H3/t14-,15-/m0/s1. The zero-order valence-corrected chi connectivity index (χ0v) is 16.9. The molecule has 1 saturated heterocycles. The predicted molar refractivity (Wildman–Crippen MR) is 103 cm³/mol. The van der Waals surface area contributed by atoms with Gasteiger partial charge in [0.15, 0.2) is 11.5 Å². The van der Waals surface area contributed by atoms with Crippen LogP contribution in [-0.4, -0.2) is 36.2 Å². The molecule has 0 saturated carbocycles. The van der Waals surface area contributed by atoms with Crippen LogP contribution in [0.4, 0.5) is 17.6 Å². The van der Waals surface area contributed by atoms with Gasteiger partial charge in [-0.05, 0) is 62.9 Å². The number of rotatable bonds is 3. The van der Waals surface area contributed by atoms with Crippen LogP contribution < -0.4 is 9.47 Å². The highest BCUT2D eigenvalue weighted by atomic mass is 19.4. The molecule has 0 aliphatic carbocycles. The Morgan fingerprint density at radius 1 is 1.10 bits per heavy atom. The second-order valence-electron chi connectivity index (χ2n) is 7.95. The molecule has 0 amide bonds. The number of alkyl halides is 3. The molecule has 2 aliphatic heterocycles. The van der Waals surface area contributed by atoms with Crippen molar-refractivity contribution in [3.05, 3.63) is 52.6 Å². The third kappa shape index (κ3) is 4.24. The number of aryl methyl sites for hydroxylation is 1. The van der Waals surface area contributed by atoms with Crippen LogP contribution in [0.15, 0.2) is 24.3 Å². The van der Waals surface area contributed by atoms with Crippen molar-refractivity contribution in [2.75, 3.05) is 26.3 Å². The monoisotopic (exact) mass is 424 g/mol. The highest BCUT2D eigenvalue weighted by Gasteiger charge is 2.34. The molecule has 1 aromatic heterocycles. The van der Waals surface area contributed by atoms with Gasteiger partial charge in [0.25, 0.3) is 0 Å². The van der Waals surface area contributed by atoms with Gasteiger partial charge in [0.1, 0.15) is 24.7 Å². The fourth-order valence-corrected chi connectivity index (χ4v) is 4.30. The third-order valence-corrected chi connectivity index (χ3v) is 5.85. The molecule has 0 radical (unpaired) electrons. The van der Waals surface area contributed by atoms with E-state index in [4.69, 9.17) is 9.47 Å². The van der Waals surface area contributed by atoms with Crippen molar-refractivity contribution in [1.29, 1.82) is 0 Å². The molecular weight excluding hydrogens is 400 g/mol. The third-order valence-electron chi connectivity index (χ3n) is 5.85. The average Bonchev–Trinajstić information content (AvgIpc) is 2.72. The molecule has 2 atom stereocenters. The minimum Gasteiger partial charge on any atom is -0.486 e. The van der Waals surface area contributed by atoms with Crippen LogP contribution in [0.2, 0.25) is 0 Å². The minimum absolute atomic E-state index is 0.0655. The van der Waals surface area contributed by atoms with Gasteiger partial charge in [0, 0.05) is 29.9 Å². The molecule has 2 aromatic rings. The van der Waals surface area contributed by atoms with E-state index in [0.29, 0.717) is 48.1 Å². The maximum absolute atomic E-state index is 14.7. The van der Waals surface area contributed by atoms with Crippen LogP contribution in [0.3, 0.4) is 0 Å². The van der Waals surface area contributed by atoms with E-state index in [1.807, 2.05) is 6.92 Å². The lowest BCUT2D eigenvalue weighted by atomic mass is 9.88. The van der Waals surface area contributed by atoms with Gasteiger partial charge in [0.05, 0.1) is 0 Å². The lowest BCUT2D eigenvalue weighted by Gasteiger charge is -2.37. The van der Waals surface area contributed by atoms with Crippen molar-refractivity contribution in [2.45, 2.75) is 44.8 Å². The Labute approximate surface area is 172 Å². The first-order valence-corrected chi connectivity index (χ1v) is 10.1. The van der Waals surface area contributed by atoms with Crippen LogP contribution >= 0.6 is 0 Å². The summed E-state index contributed by atoms with van der Waals surface area (Å²) in [7, 11) is 0. The number of hydrogen-bond donors (Lipinski definition) is 0. The smallest absolute Gasteiger partial charge is 0.433 e. The first-order valence-electron chi connectivity index (χ1n) is 10.1. The number of nitrogens with zero attached hydrogens (tertiary/aromatic N) is 2. The summed E-state index contributed by atoms with van der Waals surface area (Å²) in [6, 6.07) is 5.66. The van der Waals surface area contributed by atoms with E-state index < -0.39 is 11.9 Å². The summed E-state index contributed by atoms with van der Waals surface area (Å²) in [4.78, 5) is 5.76. The maximum atomic E-state index is 14.7. The van der Waals surface area contributed by atoms with E-state index in [1.54, 1.807) is 19.1 Å². The zero-order valence-electron chi connectivity index (χ0n) is 16.9. The molecule has 4 nitrogen and oxygen atoms in total. The van der Waals surface area contributed by atoms with Crippen LogP contribution in [0.5, 0.6) is 11.5 Å². The average molecular weight is 424 g/mol. The van der Waals surface area contributed by atoms with Crippen molar-refractivity contribution in [3.63, 3.8) is 0 Å². The Morgan fingerprint density at radius 3 is 2.50 bits per heavy atom. The molecule has 1 fully saturated rings. The van der Waals surface area contributed by atoms with Gasteiger partial charge in [-0.1, -0.05) is 0 Å². The van der Waals surface area contributed by atoms with Gasteiger partial charge in [-0.2, -0.15) is 13.2 Å². The molecule has 0 bridgehead atoms. The molecule has 4 rings (SSSR count). The summed E-state index contributed by atoms with van der Waals surface area (Å²) < 4.78 is 65.3. The fraction of sp³-hybridized carbons (Fsp3) is 0.500. The van der Waals surface area contributed by atoms with E-state index in [9.17, 15) is 17.6 Å². The molecule has 1 aromatic carbocycles. The van der Waals surface area contributed by atoms with Crippen LogP contribution in [-0.2, 0) is 6.18 Å². The summed E-state index contributed by atoms with van der Waals surface area (Å²) >= 11 is 0. The topological polar surface area (TPSA) is 34.6 Å². The summed E-state index contributed by atoms with van der Waals surface area (Å²) in [5, 5.41) is 0. The first kappa shape index (κ1) is 20.9. The van der Waals surface area contributed by atoms with Crippen LogP contribution in [0, 0.1) is 12.7 Å². The van der Waals surface area contributed by atoms with E-state index in [0.717, 1.165) is 25.5 Å². The Bertz CT molecular complexity index is 932. The van der Waals surface area contributed by atoms with Gasteiger partial charge in [0.2, 0.25) is 0 Å². The van der Waals surface area contributed by atoms with Crippen molar-refractivity contribution in [3.8, 4) is 11.5 Å². The molecule has 0 N–H and O–H groups in total. The van der Waals surface area contributed by atoms with Crippen LogP contribution in [0.1, 0.15) is 54.2 Å². The summed E-state index contributed by atoms with van der Waals surface area (Å²) in [6.07, 6.45) is -2.87. The number of pyridine rings is 1. The summed E-state index contributed by atoms with van der Waals surface area (Å²) in [5.41, 5.74) is 0.625. The summed E-state index contributed by atoms with van der Waals surface area (Å²) in [5.74, 6) is 0.494. The van der Waals surface area contributed by atoms with Crippen molar-refractivity contribution >= 4 is 0 Å². The SMILES string of the molecule is Cc1cc([C@H]2CCCN([C@@H](C)c3cc4c(cc3F)OCCO4)C2)cc(C(F)(F)F)n1. The number of fused-ring (bicyclic) bond motifs is 1. The van der Waals surface area contributed by atoms with Crippen molar-refractivity contribution < 1.29 is 27.0 Å². The highest BCUT2D eigenvalue weighted by Crippen LogP contribution is 2.39. The number of piperidine rings is 1. The van der Waals surface area contributed by atoms with E-state index >= 15 is 0 Å². The molecule has 0 spiro atoms.